The molecule has 1 saturated heterocycles. The van der Waals surface area contributed by atoms with Crippen LogP contribution in [0.4, 0.5) is 0 Å². The zero-order chi connectivity index (χ0) is 20.2. The molecule has 1 aliphatic heterocycles. The third-order valence-electron chi connectivity index (χ3n) is 5.44. The minimum absolute atomic E-state index is 0.172. The Kier molecular flexibility index (Phi) is 6.72. The van der Waals surface area contributed by atoms with Gasteiger partial charge < -0.3 is 9.80 Å². The maximum absolute atomic E-state index is 13.1. The Hall–Kier alpha value is -1.84. The van der Waals surface area contributed by atoms with Crippen molar-refractivity contribution in [3.8, 4) is 0 Å². The van der Waals surface area contributed by atoms with Crippen molar-refractivity contribution >= 4 is 11.8 Å². The highest BCUT2D eigenvalue weighted by atomic mass is 16.2. The Bertz CT molecular complexity index is 646. The van der Waals surface area contributed by atoms with Crippen LogP contribution in [0.3, 0.4) is 0 Å². The van der Waals surface area contributed by atoms with Crippen LogP contribution in [0.25, 0.3) is 0 Å². The molecular formula is C23H36N2O2. The van der Waals surface area contributed by atoms with E-state index in [1.54, 1.807) is 0 Å². The topological polar surface area (TPSA) is 40.6 Å². The number of amides is 2. The molecule has 0 radical (unpaired) electrons. The highest BCUT2D eigenvalue weighted by Gasteiger charge is 2.37. The van der Waals surface area contributed by atoms with Crippen LogP contribution in [0.1, 0.15) is 59.4 Å². The van der Waals surface area contributed by atoms with Gasteiger partial charge in [-0.3, -0.25) is 9.59 Å². The minimum atomic E-state index is -0.429. The second-order valence-corrected chi connectivity index (χ2v) is 9.74. The number of carbonyl (C=O) groups is 2. The highest BCUT2D eigenvalue weighted by Crippen LogP contribution is 2.33. The average Bonchev–Trinajstić information content (AvgIpc) is 2.60. The summed E-state index contributed by atoms with van der Waals surface area (Å²) < 4.78 is 0. The molecule has 0 bridgehead atoms. The molecule has 0 aromatic heterocycles. The fourth-order valence-electron chi connectivity index (χ4n) is 4.15. The molecule has 27 heavy (non-hydrogen) atoms. The fraction of sp³-hybridized carbons (Fsp3) is 0.652. The van der Waals surface area contributed by atoms with E-state index >= 15 is 0 Å². The molecule has 0 N–H and O–H groups in total. The van der Waals surface area contributed by atoms with E-state index in [-0.39, 0.29) is 17.2 Å². The Balaban J connectivity index is 1.97. The Morgan fingerprint density at radius 2 is 1.74 bits per heavy atom. The van der Waals surface area contributed by atoms with Crippen molar-refractivity contribution in [1.82, 2.24) is 9.80 Å². The predicted molar refractivity (Wildman–Crippen MR) is 110 cm³/mol. The van der Waals surface area contributed by atoms with Crippen LogP contribution in [-0.2, 0) is 16.1 Å². The highest BCUT2D eigenvalue weighted by molar-refractivity contribution is 5.82. The lowest BCUT2D eigenvalue weighted by Gasteiger charge is -2.39. The molecule has 2 amide bonds. The van der Waals surface area contributed by atoms with E-state index in [0.717, 1.165) is 37.9 Å². The van der Waals surface area contributed by atoms with Gasteiger partial charge in [0.15, 0.2) is 0 Å². The van der Waals surface area contributed by atoms with Gasteiger partial charge in [0, 0.05) is 37.5 Å². The fourth-order valence-corrected chi connectivity index (χ4v) is 4.15. The standard InChI is InChI=1S/C23H36N2O2/c1-22(2,3)20(26)25-14-10-13-19(17-25)15-23(4,5)21(27)24(6)16-18-11-8-7-9-12-18/h7-9,11-12,19H,10,13-17H2,1-6H3. The van der Waals surface area contributed by atoms with Crippen molar-refractivity contribution in [3.05, 3.63) is 35.9 Å². The first-order chi connectivity index (χ1) is 12.5. The molecular weight excluding hydrogens is 336 g/mol. The summed E-state index contributed by atoms with van der Waals surface area (Å²) in [6, 6.07) is 10.1. The van der Waals surface area contributed by atoms with E-state index in [2.05, 4.69) is 0 Å². The maximum atomic E-state index is 13.1. The van der Waals surface area contributed by atoms with Crippen LogP contribution >= 0.6 is 0 Å². The summed E-state index contributed by atoms with van der Waals surface area (Å²) in [5.74, 6) is 0.775. The normalized spacial score (nSPS) is 18.3. The third-order valence-corrected chi connectivity index (χ3v) is 5.44. The van der Waals surface area contributed by atoms with E-state index in [0.29, 0.717) is 12.5 Å². The van der Waals surface area contributed by atoms with Crippen LogP contribution in [0.5, 0.6) is 0 Å². The van der Waals surface area contributed by atoms with Crippen LogP contribution in [0.15, 0.2) is 30.3 Å². The van der Waals surface area contributed by atoms with Crippen LogP contribution in [0, 0.1) is 16.7 Å². The number of carbonyl (C=O) groups excluding carboxylic acids is 2. The van der Waals surface area contributed by atoms with Gasteiger partial charge in [0.2, 0.25) is 11.8 Å². The molecule has 4 nitrogen and oxygen atoms in total. The summed E-state index contributed by atoms with van der Waals surface area (Å²) in [6.07, 6.45) is 2.93. The van der Waals surface area contributed by atoms with Crippen molar-refractivity contribution in [1.29, 1.82) is 0 Å². The molecule has 1 heterocycles. The second-order valence-electron chi connectivity index (χ2n) is 9.74. The molecule has 150 valence electrons. The Labute approximate surface area is 164 Å². The number of likely N-dealkylation sites (tertiary alicyclic amines) is 1. The average molecular weight is 373 g/mol. The van der Waals surface area contributed by atoms with Crippen LogP contribution < -0.4 is 0 Å². The Morgan fingerprint density at radius 1 is 1.11 bits per heavy atom. The summed E-state index contributed by atoms with van der Waals surface area (Å²) in [6.45, 7) is 12.3. The number of nitrogens with zero attached hydrogens (tertiary/aromatic N) is 2. The molecule has 0 aliphatic carbocycles. The van der Waals surface area contributed by atoms with Crippen molar-refractivity contribution in [2.45, 2.75) is 60.4 Å². The summed E-state index contributed by atoms with van der Waals surface area (Å²) in [7, 11) is 1.88. The number of benzene rings is 1. The summed E-state index contributed by atoms with van der Waals surface area (Å²) >= 11 is 0. The molecule has 0 saturated carbocycles. The molecule has 1 atom stereocenters. The molecule has 1 unspecified atom stereocenters. The lowest BCUT2D eigenvalue weighted by molar-refractivity contribution is -0.143. The zero-order valence-corrected chi connectivity index (χ0v) is 17.9. The van der Waals surface area contributed by atoms with Gasteiger partial charge in [0.25, 0.3) is 0 Å². The summed E-state index contributed by atoms with van der Waals surface area (Å²) in [5.41, 5.74) is 0.370. The molecule has 1 aromatic carbocycles. The number of hydrogen-bond donors (Lipinski definition) is 0. The van der Waals surface area contributed by atoms with E-state index < -0.39 is 5.41 Å². The molecule has 1 aliphatic rings. The smallest absolute Gasteiger partial charge is 0.228 e. The molecule has 2 rings (SSSR count). The zero-order valence-electron chi connectivity index (χ0n) is 17.9. The van der Waals surface area contributed by atoms with Gasteiger partial charge in [0.05, 0.1) is 0 Å². The van der Waals surface area contributed by atoms with Gasteiger partial charge in [-0.15, -0.1) is 0 Å². The van der Waals surface area contributed by atoms with Crippen molar-refractivity contribution in [2.24, 2.45) is 16.7 Å². The summed E-state index contributed by atoms with van der Waals surface area (Å²) in [4.78, 5) is 29.5. The van der Waals surface area contributed by atoms with Crippen molar-refractivity contribution in [3.63, 3.8) is 0 Å². The van der Waals surface area contributed by atoms with Gasteiger partial charge in [-0.1, -0.05) is 65.0 Å². The van der Waals surface area contributed by atoms with E-state index in [1.165, 1.54) is 0 Å². The van der Waals surface area contributed by atoms with Gasteiger partial charge in [-0.05, 0) is 30.7 Å². The Morgan fingerprint density at radius 3 is 2.33 bits per heavy atom. The van der Waals surface area contributed by atoms with Gasteiger partial charge in [-0.2, -0.15) is 0 Å². The van der Waals surface area contributed by atoms with E-state index in [4.69, 9.17) is 0 Å². The number of piperidine rings is 1. The van der Waals surface area contributed by atoms with Gasteiger partial charge in [0.1, 0.15) is 0 Å². The quantitative estimate of drug-likeness (QED) is 0.771. The summed E-state index contributed by atoms with van der Waals surface area (Å²) in [5, 5.41) is 0. The predicted octanol–water partition coefficient (Wildman–Crippen LogP) is 4.35. The monoisotopic (exact) mass is 372 g/mol. The van der Waals surface area contributed by atoms with Crippen molar-refractivity contribution in [2.75, 3.05) is 20.1 Å². The largest absolute Gasteiger partial charge is 0.342 e. The maximum Gasteiger partial charge on any atom is 0.228 e. The first kappa shape index (κ1) is 21.5. The first-order valence-corrected chi connectivity index (χ1v) is 10.1. The van der Waals surface area contributed by atoms with E-state index in [9.17, 15) is 9.59 Å². The molecule has 1 aromatic rings. The van der Waals surface area contributed by atoms with Crippen molar-refractivity contribution < 1.29 is 9.59 Å². The number of hydrogen-bond acceptors (Lipinski definition) is 2. The second kappa shape index (κ2) is 8.45. The van der Waals surface area contributed by atoms with Crippen LogP contribution in [-0.4, -0.2) is 41.8 Å². The molecule has 0 spiro atoms. The third kappa shape index (κ3) is 5.82. The first-order valence-electron chi connectivity index (χ1n) is 10.1. The molecule has 4 heteroatoms. The minimum Gasteiger partial charge on any atom is -0.342 e. The van der Waals surface area contributed by atoms with Gasteiger partial charge in [-0.25, -0.2) is 0 Å². The molecule has 1 fully saturated rings. The van der Waals surface area contributed by atoms with Gasteiger partial charge >= 0.3 is 0 Å². The lowest BCUT2D eigenvalue weighted by Crippen LogP contribution is -2.47. The SMILES string of the molecule is CN(Cc1ccccc1)C(=O)C(C)(C)CC1CCCN(C(=O)C(C)(C)C)C1. The van der Waals surface area contributed by atoms with Crippen LogP contribution in [0.2, 0.25) is 0 Å². The lowest BCUT2D eigenvalue weighted by atomic mass is 9.78. The number of rotatable bonds is 5. The van der Waals surface area contributed by atoms with E-state index in [1.807, 2.05) is 81.8 Å².